The number of benzene rings is 2. The molecule has 18 heteroatoms. The monoisotopic (exact) mass is 789 g/mol. The molecular weight excluding hydrogens is 753 g/mol. The van der Waals surface area contributed by atoms with Crippen LogP contribution in [0, 0.1) is 17.6 Å². The van der Waals surface area contributed by atoms with E-state index in [9.17, 15) is 33.8 Å². The van der Waals surface area contributed by atoms with Crippen LogP contribution in [0.1, 0.15) is 53.9 Å². The average Bonchev–Trinajstić information content (AvgIpc) is 3.65. The smallest absolute Gasteiger partial charge is 0.351 e. The summed E-state index contributed by atoms with van der Waals surface area (Å²) >= 11 is 1.38. The lowest BCUT2D eigenvalue weighted by molar-refractivity contribution is -0.112. The van der Waals surface area contributed by atoms with Gasteiger partial charge in [-0.2, -0.15) is 4.98 Å². The number of aromatic carboxylic acids is 1. The number of fused-ring (bicyclic) bond motifs is 3. The molecule has 2 N–H and O–H groups in total. The first-order valence-electron chi connectivity index (χ1n) is 18.4. The molecule has 4 fully saturated rings. The molecule has 1 saturated carbocycles. The van der Waals surface area contributed by atoms with Crippen LogP contribution in [0.5, 0.6) is 5.75 Å². The molecule has 3 saturated heterocycles. The Morgan fingerprint density at radius 3 is 2.64 bits per heavy atom. The van der Waals surface area contributed by atoms with Crippen LogP contribution in [0.25, 0.3) is 10.9 Å². The van der Waals surface area contributed by atoms with Crippen LogP contribution in [-0.4, -0.2) is 104 Å². The van der Waals surface area contributed by atoms with Crippen molar-refractivity contribution in [3.05, 3.63) is 86.2 Å². The van der Waals surface area contributed by atoms with E-state index in [1.165, 1.54) is 65.0 Å². The van der Waals surface area contributed by atoms with Gasteiger partial charge in [-0.15, -0.1) is 11.8 Å². The number of carboxylic acids is 1. The zero-order valence-electron chi connectivity index (χ0n) is 30.1. The van der Waals surface area contributed by atoms with Crippen LogP contribution in [0.3, 0.4) is 0 Å². The molecule has 292 valence electrons. The molecule has 2 aromatic carbocycles. The highest BCUT2D eigenvalue weighted by atomic mass is 32.2. The molecular formula is C38H37F2N7O8S. The van der Waals surface area contributed by atoms with Crippen molar-refractivity contribution in [2.45, 2.75) is 49.4 Å². The van der Waals surface area contributed by atoms with Crippen molar-refractivity contribution in [2.75, 3.05) is 55.6 Å². The van der Waals surface area contributed by atoms with Crippen LogP contribution in [-0.2, 0) is 9.53 Å². The number of thioether (sulfide) groups is 1. The molecule has 1 aliphatic carbocycles. The van der Waals surface area contributed by atoms with Crippen molar-refractivity contribution in [1.29, 1.82) is 0 Å². The Bertz CT molecular complexity index is 2460. The molecule has 56 heavy (non-hydrogen) atoms. The highest BCUT2D eigenvalue weighted by Crippen LogP contribution is 2.46. The predicted octanol–water partition coefficient (Wildman–Crippen LogP) is 3.48. The summed E-state index contributed by atoms with van der Waals surface area (Å²) in [5.41, 5.74) is -1.09. The molecule has 0 spiro atoms. The minimum atomic E-state index is -1.38. The van der Waals surface area contributed by atoms with Crippen molar-refractivity contribution >= 4 is 57.4 Å². The lowest BCUT2D eigenvalue weighted by Gasteiger charge is -2.39. The molecule has 5 aliphatic rings. The maximum Gasteiger partial charge on any atom is 0.351 e. The molecule has 9 rings (SSSR count). The van der Waals surface area contributed by atoms with E-state index < -0.39 is 51.9 Å². The van der Waals surface area contributed by atoms with Crippen LogP contribution in [0.2, 0.25) is 0 Å². The fraction of sp³-hybridized carbons (Fsp3) is 0.421. The van der Waals surface area contributed by atoms with Crippen molar-refractivity contribution in [3.8, 4) is 5.75 Å². The molecule has 0 bridgehead atoms. The van der Waals surface area contributed by atoms with E-state index in [2.05, 4.69) is 14.9 Å². The quantitative estimate of drug-likeness (QED) is 0.254. The molecule has 15 nitrogen and oxygen atoms in total. The van der Waals surface area contributed by atoms with Gasteiger partial charge in [0.15, 0.2) is 17.4 Å². The number of carbonyl (C=O) groups is 2. The average molecular weight is 790 g/mol. The summed E-state index contributed by atoms with van der Waals surface area (Å²) in [5, 5.41) is 19.1. The molecule has 2 aromatic heterocycles. The van der Waals surface area contributed by atoms with Gasteiger partial charge in [-0.25, -0.2) is 23.4 Å². The summed E-state index contributed by atoms with van der Waals surface area (Å²) in [4.78, 5) is 66.4. The number of aliphatic hydroxyl groups excluding tert-OH is 1. The van der Waals surface area contributed by atoms with Gasteiger partial charge in [0, 0.05) is 55.4 Å². The number of piperidine rings is 1. The fourth-order valence-corrected chi connectivity index (χ4v) is 9.49. The number of pyridine rings is 1. The summed E-state index contributed by atoms with van der Waals surface area (Å²) in [6, 6.07) is 6.47. The first-order chi connectivity index (χ1) is 27.0. The minimum Gasteiger partial charge on any atom is -0.492 e. The van der Waals surface area contributed by atoms with E-state index >= 15 is 4.39 Å². The van der Waals surface area contributed by atoms with Gasteiger partial charge in [-0.05, 0) is 61.9 Å². The lowest BCUT2D eigenvalue weighted by atomic mass is 9.92. The number of hydrogen-bond acceptors (Lipinski definition) is 12. The van der Waals surface area contributed by atoms with Gasteiger partial charge in [0.05, 0.1) is 37.0 Å². The largest absolute Gasteiger partial charge is 0.492 e. The first-order valence-corrected chi connectivity index (χ1v) is 19.4. The third kappa shape index (κ3) is 6.14. The Kier molecular flexibility index (Phi) is 9.18. The SMILES string of the molecule is COc1c(N2CC3CCCN(CN4C(=O)C(=Nc5ccn(C6CSC(CO)O6)c(=O)n5)c5cc(F)ccc54)C3C2)c(F)cc2c(=O)c(C(=O)O)cn(C3CC3)c12. The number of carbonyl (C=O) groups excluding carboxylic acids is 1. The van der Waals surface area contributed by atoms with Gasteiger partial charge in [0.25, 0.3) is 5.91 Å². The summed E-state index contributed by atoms with van der Waals surface area (Å²) < 4.78 is 45.5. The third-order valence-electron chi connectivity index (χ3n) is 11.3. The van der Waals surface area contributed by atoms with Gasteiger partial charge < -0.3 is 29.2 Å². The Labute approximate surface area is 321 Å². The second kappa shape index (κ2) is 14.1. The standard InChI is InChI=1S/C38H37F2N7O8S/c1-54-35-32-23(34(49)24(37(51)52)14-46(32)21-5-6-21)12-25(40)33(35)44-13-19-3-2-9-43(27(19)15-44)18-47-26-7-4-20(39)11-22(26)31(36(47)50)41-28-8-10-45(38(53)42-28)29-17-56-30(16-48)55-29/h4,7-8,10-12,14,19,21,27,29-30,48H,2-3,5-6,9,13,15-18H2,1H3,(H,51,52). The van der Waals surface area contributed by atoms with Crippen LogP contribution in [0.15, 0.2) is 57.3 Å². The highest BCUT2D eigenvalue weighted by Gasteiger charge is 2.44. The van der Waals surface area contributed by atoms with Crippen molar-refractivity contribution in [1.82, 2.24) is 19.0 Å². The molecule has 4 atom stereocenters. The third-order valence-corrected chi connectivity index (χ3v) is 12.4. The van der Waals surface area contributed by atoms with Crippen molar-refractivity contribution < 1.29 is 38.1 Å². The molecule has 1 amide bonds. The van der Waals surface area contributed by atoms with Crippen LogP contribution < -0.4 is 25.7 Å². The van der Waals surface area contributed by atoms with Gasteiger partial charge >= 0.3 is 11.7 Å². The van der Waals surface area contributed by atoms with Gasteiger partial charge in [-0.1, -0.05) is 0 Å². The van der Waals surface area contributed by atoms with Gasteiger partial charge in [-0.3, -0.25) is 24.0 Å². The van der Waals surface area contributed by atoms with Gasteiger partial charge in [0.1, 0.15) is 34.4 Å². The van der Waals surface area contributed by atoms with E-state index in [4.69, 9.17) is 9.47 Å². The van der Waals surface area contributed by atoms with Crippen LogP contribution in [0.4, 0.5) is 26.0 Å². The van der Waals surface area contributed by atoms with Crippen molar-refractivity contribution in [3.63, 3.8) is 0 Å². The summed E-state index contributed by atoms with van der Waals surface area (Å²) in [6.45, 7) is 1.44. The van der Waals surface area contributed by atoms with E-state index in [1.54, 1.807) is 4.57 Å². The van der Waals surface area contributed by atoms with E-state index in [0.717, 1.165) is 31.7 Å². The molecule has 6 heterocycles. The second-order valence-electron chi connectivity index (χ2n) is 14.6. The first kappa shape index (κ1) is 36.5. The number of nitrogens with zero attached hydrogens (tertiary/aromatic N) is 7. The number of hydrogen-bond donors (Lipinski definition) is 2. The number of halogens is 2. The van der Waals surface area contributed by atoms with E-state index in [1.807, 2.05) is 4.90 Å². The number of aliphatic imine (C=N–C) groups is 1. The number of ether oxygens (including phenoxy) is 2. The predicted molar refractivity (Wildman–Crippen MR) is 202 cm³/mol. The van der Waals surface area contributed by atoms with Gasteiger partial charge in [0.2, 0.25) is 5.43 Å². The maximum atomic E-state index is 16.2. The summed E-state index contributed by atoms with van der Waals surface area (Å²) in [7, 11) is 1.41. The molecule has 4 unspecified atom stereocenters. The number of amides is 1. The fourth-order valence-electron chi connectivity index (χ4n) is 8.56. The summed E-state index contributed by atoms with van der Waals surface area (Å²) in [6.07, 6.45) is 5.42. The summed E-state index contributed by atoms with van der Waals surface area (Å²) in [5.74, 6) is -2.46. The zero-order chi connectivity index (χ0) is 39.0. The lowest BCUT2D eigenvalue weighted by Crippen LogP contribution is -2.51. The molecule has 4 aliphatic heterocycles. The Morgan fingerprint density at radius 2 is 1.93 bits per heavy atom. The molecule has 4 aromatic rings. The Hall–Kier alpha value is -5.17. The number of carboxylic acid groups (broad SMARTS) is 1. The number of aromatic nitrogens is 3. The topological polar surface area (TPSA) is 172 Å². The zero-order valence-corrected chi connectivity index (χ0v) is 31.0. The van der Waals surface area contributed by atoms with Crippen molar-refractivity contribution in [2.24, 2.45) is 10.9 Å². The minimum absolute atomic E-state index is 0.0295. The maximum absolute atomic E-state index is 16.2. The van der Waals surface area contributed by atoms with E-state index in [-0.39, 0.29) is 65.2 Å². The molecule has 0 radical (unpaired) electrons. The number of anilines is 2. The second-order valence-corrected chi connectivity index (χ2v) is 15.8. The Balaban J connectivity index is 1.01. The number of likely N-dealkylation sites (tertiary alicyclic amines) is 1. The number of aliphatic hydroxyl groups is 1. The number of rotatable bonds is 9. The van der Waals surface area contributed by atoms with Crippen LogP contribution >= 0.6 is 11.8 Å². The van der Waals surface area contributed by atoms with E-state index in [0.29, 0.717) is 36.6 Å². The normalized spacial score (nSPS) is 24.4. The number of methoxy groups -OCH3 is 1. The highest BCUT2D eigenvalue weighted by molar-refractivity contribution is 8.00. The Morgan fingerprint density at radius 1 is 1.11 bits per heavy atom.